The third-order valence-corrected chi connectivity index (χ3v) is 6.97. The summed E-state index contributed by atoms with van der Waals surface area (Å²) in [6, 6.07) is 14.9. The monoisotopic (exact) mass is 613 g/mol. The molecule has 0 radical (unpaired) electrons. The van der Waals surface area contributed by atoms with Crippen LogP contribution in [-0.2, 0) is 39.9 Å². The number of furan rings is 1. The molecule has 43 heavy (non-hydrogen) atoms. The van der Waals surface area contributed by atoms with E-state index >= 15 is 0 Å². The Hall–Kier alpha value is -4.29. The van der Waals surface area contributed by atoms with Crippen LogP contribution in [0.25, 0.3) is 22.0 Å². The summed E-state index contributed by atoms with van der Waals surface area (Å²) in [4.78, 5) is 40.5. The third-order valence-electron chi connectivity index (χ3n) is 6.70. The molecular weight excluding hydrogens is 582 g/mol. The maximum atomic E-state index is 12.2. The molecule has 2 aromatic heterocycles. The third kappa shape index (κ3) is 7.03. The maximum absolute atomic E-state index is 12.2. The van der Waals surface area contributed by atoms with Gasteiger partial charge in [-0.15, -0.1) is 11.6 Å². The summed E-state index contributed by atoms with van der Waals surface area (Å²) in [6.45, 7) is 4.31. The first-order chi connectivity index (χ1) is 20.7. The molecule has 0 unspecified atom stereocenters. The Balaban J connectivity index is 1.45. The number of carbonyl (C=O) groups is 3. The number of carbonyl (C=O) groups excluding carboxylic acids is 3. The van der Waals surface area contributed by atoms with Crippen molar-refractivity contribution in [2.45, 2.75) is 58.3 Å². The fraction of sp³-hybridized carbons (Fsp3) is 0.400. The van der Waals surface area contributed by atoms with Crippen LogP contribution in [0, 0.1) is 0 Å². The highest BCUT2D eigenvalue weighted by Gasteiger charge is 2.51. The minimum Gasteiger partial charge on any atom is -0.493 e. The van der Waals surface area contributed by atoms with E-state index in [0.29, 0.717) is 46.6 Å². The zero-order valence-electron chi connectivity index (χ0n) is 23.9. The lowest BCUT2D eigenvalue weighted by molar-refractivity contribution is -0.166. The molecule has 2 aromatic carbocycles. The number of anilines is 1. The molecule has 12 nitrogen and oxygen atoms in total. The van der Waals surface area contributed by atoms with E-state index < -0.39 is 42.4 Å². The van der Waals surface area contributed by atoms with Crippen molar-refractivity contribution in [2.24, 2.45) is 0 Å². The molecule has 1 N–H and O–H groups in total. The van der Waals surface area contributed by atoms with Crippen molar-refractivity contribution < 1.29 is 42.5 Å². The Bertz CT molecular complexity index is 1620. The molecule has 4 atom stereocenters. The quantitative estimate of drug-likeness (QED) is 0.103. The molecule has 1 fully saturated rings. The van der Waals surface area contributed by atoms with Crippen LogP contribution < -0.4 is 10.1 Å². The number of imidazole rings is 1. The zero-order chi connectivity index (χ0) is 30.5. The number of esters is 3. The first-order valence-corrected chi connectivity index (χ1v) is 14.3. The number of halogens is 1. The Kier molecular flexibility index (Phi) is 9.37. The predicted octanol–water partition coefficient (Wildman–Crippen LogP) is 4.73. The first kappa shape index (κ1) is 30.2. The van der Waals surface area contributed by atoms with Crippen LogP contribution in [0.1, 0.15) is 39.2 Å². The number of fused-ring (bicyclic) bond motifs is 2. The second kappa shape index (κ2) is 13.3. The van der Waals surface area contributed by atoms with E-state index in [1.54, 1.807) is 4.57 Å². The topological polar surface area (TPSA) is 140 Å². The summed E-state index contributed by atoms with van der Waals surface area (Å²) in [7, 11) is 0. The maximum Gasteiger partial charge on any atom is 0.303 e. The molecular formula is C30H32ClN3O9. The summed E-state index contributed by atoms with van der Waals surface area (Å²) in [5.74, 6) is 0.502. The number of rotatable bonds is 12. The number of alkyl halides is 1. The molecule has 1 aliphatic heterocycles. The van der Waals surface area contributed by atoms with E-state index in [0.717, 1.165) is 11.8 Å². The molecule has 1 aliphatic rings. The van der Waals surface area contributed by atoms with Gasteiger partial charge in [-0.25, -0.2) is 4.98 Å². The van der Waals surface area contributed by atoms with Crippen molar-refractivity contribution in [3.63, 3.8) is 0 Å². The van der Waals surface area contributed by atoms with Gasteiger partial charge >= 0.3 is 17.9 Å². The van der Waals surface area contributed by atoms with Crippen LogP contribution in [0.4, 0.5) is 5.95 Å². The Morgan fingerprint density at radius 1 is 1.00 bits per heavy atom. The van der Waals surface area contributed by atoms with E-state index in [2.05, 4.69) is 5.32 Å². The van der Waals surface area contributed by atoms with Gasteiger partial charge in [-0.2, -0.15) is 0 Å². The number of hydrogen-bond donors (Lipinski definition) is 1. The van der Waals surface area contributed by atoms with E-state index in [1.807, 2.05) is 48.5 Å². The molecule has 4 aromatic rings. The standard InChI is InChI=1S/C30H32ClN3O9/c1-17(35)39-16-26-27(40-18(2)36)28(41-19(3)37)29(43-26)34-24-8-5-4-7-23(24)33-30(34)32-15-22-13-20-9-10-21(14-25(20)42-22)38-12-6-11-31/h4-5,7-10,13-14,26-29H,6,11-12,15-16H2,1-3H3,(H,32,33)/t26-,27-,28-,29-/m1/s1. The lowest BCUT2D eigenvalue weighted by Crippen LogP contribution is -2.40. The molecule has 5 rings (SSSR count). The number of benzene rings is 2. The van der Waals surface area contributed by atoms with Gasteiger partial charge in [0, 0.05) is 38.1 Å². The second-order valence-corrected chi connectivity index (χ2v) is 10.3. The van der Waals surface area contributed by atoms with Crippen molar-refractivity contribution in [3.8, 4) is 5.75 Å². The second-order valence-electron chi connectivity index (χ2n) is 9.97. The highest BCUT2D eigenvalue weighted by molar-refractivity contribution is 6.17. The Morgan fingerprint density at radius 3 is 2.51 bits per heavy atom. The lowest BCUT2D eigenvalue weighted by atomic mass is 10.1. The van der Waals surface area contributed by atoms with Gasteiger partial charge in [0.05, 0.1) is 24.2 Å². The van der Waals surface area contributed by atoms with Crippen LogP contribution in [0.15, 0.2) is 52.9 Å². The van der Waals surface area contributed by atoms with Gasteiger partial charge in [-0.3, -0.25) is 19.0 Å². The van der Waals surface area contributed by atoms with Crippen LogP contribution in [0.3, 0.4) is 0 Å². The Morgan fingerprint density at radius 2 is 1.77 bits per heavy atom. The SMILES string of the molecule is CC(=O)OC[C@H]1O[C@@H](n2c(NCc3cc4ccc(OCCCCl)cc4o3)nc3ccccc32)[C@H](OC(C)=O)[C@@H]1OC(C)=O. The zero-order valence-corrected chi connectivity index (χ0v) is 24.7. The summed E-state index contributed by atoms with van der Waals surface area (Å²) < 4.78 is 36.2. The number of para-hydroxylation sites is 2. The largest absolute Gasteiger partial charge is 0.493 e. The average molecular weight is 614 g/mol. The smallest absolute Gasteiger partial charge is 0.303 e. The summed E-state index contributed by atoms with van der Waals surface area (Å²) in [5, 5.41) is 4.21. The predicted molar refractivity (Wildman–Crippen MR) is 156 cm³/mol. The molecule has 0 saturated carbocycles. The van der Waals surface area contributed by atoms with E-state index in [1.165, 1.54) is 20.8 Å². The number of ether oxygens (including phenoxy) is 5. The van der Waals surface area contributed by atoms with Gasteiger partial charge in [-0.05, 0) is 36.8 Å². The fourth-order valence-corrected chi connectivity index (χ4v) is 5.09. The van der Waals surface area contributed by atoms with Crippen molar-refractivity contribution >= 4 is 57.5 Å². The van der Waals surface area contributed by atoms with Crippen LogP contribution in [0.2, 0.25) is 0 Å². The number of aromatic nitrogens is 2. The van der Waals surface area contributed by atoms with Gasteiger partial charge in [0.2, 0.25) is 5.95 Å². The van der Waals surface area contributed by atoms with Gasteiger partial charge in [0.1, 0.15) is 29.8 Å². The van der Waals surface area contributed by atoms with E-state index in [9.17, 15) is 14.4 Å². The summed E-state index contributed by atoms with van der Waals surface area (Å²) in [5.41, 5.74) is 1.98. The van der Waals surface area contributed by atoms with Crippen molar-refractivity contribution in [1.82, 2.24) is 9.55 Å². The number of nitrogens with zero attached hydrogens (tertiary/aromatic N) is 2. The molecule has 0 spiro atoms. The molecule has 228 valence electrons. The molecule has 1 saturated heterocycles. The van der Waals surface area contributed by atoms with E-state index in [-0.39, 0.29) is 13.2 Å². The van der Waals surface area contributed by atoms with Gasteiger partial charge in [-0.1, -0.05) is 12.1 Å². The highest BCUT2D eigenvalue weighted by Crippen LogP contribution is 2.38. The lowest BCUT2D eigenvalue weighted by Gasteiger charge is -2.25. The van der Waals surface area contributed by atoms with Crippen molar-refractivity contribution in [2.75, 3.05) is 24.4 Å². The Labute approximate surface area is 252 Å². The van der Waals surface area contributed by atoms with Crippen LogP contribution in [0.5, 0.6) is 5.75 Å². The van der Waals surface area contributed by atoms with Crippen LogP contribution in [-0.4, -0.2) is 64.9 Å². The average Bonchev–Trinajstić information content (AvgIpc) is 3.63. The normalized spacial score (nSPS) is 19.8. The molecule has 0 amide bonds. The minimum atomic E-state index is -1.07. The van der Waals surface area contributed by atoms with Gasteiger partial charge in [0.15, 0.2) is 18.4 Å². The number of hydrogen-bond acceptors (Lipinski definition) is 11. The molecule has 3 heterocycles. The fourth-order valence-electron chi connectivity index (χ4n) is 4.98. The molecule has 0 bridgehead atoms. The summed E-state index contributed by atoms with van der Waals surface area (Å²) in [6.07, 6.45) is -3.26. The van der Waals surface area contributed by atoms with Crippen molar-refractivity contribution in [3.05, 3.63) is 54.3 Å². The summed E-state index contributed by atoms with van der Waals surface area (Å²) >= 11 is 5.74. The van der Waals surface area contributed by atoms with E-state index in [4.69, 9.17) is 44.7 Å². The van der Waals surface area contributed by atoms with Crippen LogP contribution >= 0.6 is 11.6 Å². The highest BCUT2D eigenvalue weighted by atomic mass is 35.5. The minimum absolute atomic E-state index is 0.215. The number of nitrogens with one attached hydrogen (secondary N) is 1. The van der Waals surface area contributed by atoms with Crippen molar-refractivity contribution in [1.29, 1.82) is 0 Å². The molecule has 13 heteroatoms. The first-order valence-electron chi connectivity index (χ1n) is 13.8. The van der Waals surface area contributed by atoms with Gasteiger partial charge in [0.25, 0.3) is 0 Å². The van der Waals surface area contributed by atoms with Gasteiger partial charge < -0.3 is 33.4 Å². The molecule has 0 aliphatic carbocycles.